The fourth-order valence-electron chi connectivity index (χ4n) is 2.48. The minimum atomic E-state index is 0.239. The summed E-state index contributed by atoms with van der Waals surface area (Å²) < 4.78 is 0. The number of nitrogens with one attached hydrogen (secondary N) is 1. The summed E-state index contributed by atoms with van der Waals surface area (Å²) in [5.74, 6) is 1.25. The summed E-state index contributed by atoms with van der Waals surface area (Å²) in [6.07, 6.45) is 2.50. The quantitative estimate of drug-likeness (QED) is 0.754. The van der Waals surface area contributed by atoms with E-state index >= 15 is 0 Å². The molecule has 2 aliphatic rings. The number of amides is 1. The number of hydrogen-bond acceptors (Lipinski definition) is 3. The van der Waals surface area contributed by atoms with E-state index in [2.05, 4.69) is 17.1 Å². The van der Waals surface area contributed by atoms with Gasteiger partial charge in [-0.05, 0) is 18.8 Å². The van der Waals surface area contributed by atoms with E-state index in [1.54, 1.807) is 0 Å². The van der Waals surface area contributed by atoms with Crippen LogP contribution in [0.1, 0.15) is 19.8 Å². The molecule has 0 aromatic carbocycles. The summed E-state index contributed by atoms with van der Waals surface area (Å²) in [6, 6.07) is 0. The van der Waals surface area contributed by atoms with E-state index in [1.807, 2.05) is 11.9 Å². The van der Waals surface area contributed by atoms with Crippen molar-refractivity contribution in [2.75, 3.05) is 46.3 Å². The van der Waals surface area contributed by atoms with Crippen molar-refractivity contribution in [3.8, 4) is 0 Å². The van der Waals surface area contributed by atoms with Gasteiger partial charge in [0.05, 0.1) is 0 Å². The van der Waals surface area contributed by atoms with Gasteiger partial charge in [0.1, 0.15) is 0 Å². The third-order valence-corrected chi connectivity index (χ3v) is 4.06. The predicted octanol–water partition coefficient (Wildman–Crippen LogP) is 0.396. The minimum Gasteiger partial charge on any atom is -0.344 e. The van der Waals surface area contributed by atoms with Gasteiger partial charge in [0.15, 0.2) is 0 Å². The van der Waals surface area contributed by atoms with Crippen LogP contribution in [0.5, 0.6) is 0 Å². The lowest BCUT2D eigenvalue weighted by Gasteiger charge is -2.29. The first kappa shape index (κ1) is 12.8. The second-order valence-corrected chi connectivity index (χ2v) is 5.48. The predicted molar refractivity (Wildman–Crippen MR) is 68.8 cm³/mol. The van der Waals surface area contributed by atoms with E-state index in [4.69, 9.17) is 0 Å². The van der Waals surface area contributed by atoms with Crippen LogP contribution in [0.25, 0.3) is 0 Å². The second kappa shape index (κ2) is 5.83. The molecule has 0 aromatic rings. The maximum Gasteiger partial charge on any atom is 0.225 e. The molecule has 1 amide bonds. The summed E-state index contributed by atoms with van der Waals surface area (Å²) in [5.41, 5.74) is 0. The molecule has 0 spiro atoms. The molecule has 4 heteroatoms. The Morgan fingerprint density at radius 3 is 2.65 bits per heavy atom. The SMILES string of the molecule is CC(C(=O)N(C)CCN1CCNCC1)C1CC1. The van der Waals surface area contributed by atoms with Crippen molar-refractivity contribution in [2.45, 2.75) is 19.8 Å². The lowest BCUT2D eigenvalue weighted by atomic mass is 10.1. The van der Waals surface area contributed by atoms with Gasteiger partial charge >= 0.3 is 0 Å². The first-order chi connectivity index (χ1) is 8.18. The van der Waals surface area contributed by atoms with Gasteiger partial charge in [-0.15, -0.1) is 0 Å². The van der Waals surface area contributed by atoms with E-state index in [9.17, 15) is 4.79 Å². The Bertz CT molecular complexity index is 259. The molecule has 98 valence electrons. The fourth-order valence-corrected chi connectivity index (χ4v) is 2.48. The van der Waals surface area contributed by atoms with E-state index in [0.29, 0.717) is 11.8 Å². The lowest BCUT2D eigenvalue weighted by molar-refractivity contribution is -0.134. The van der Waals surface area contributed by atoms with Crippen LogP contribution in [0.3, 0.4) is 0 Å². The van der Waals surface area contributed by atoms with Crippen LogP contribution in [0.15, 0.2) is 0 Å². The monoisotopic (exact) mass is 239 g/mol. The van der Waals surface area contributed by atoms with Crippen LogP contribution >= 0.6 is 0 Å². The number of carbonyl (C=O) groups excluding carboxylic acids is 1. The van der Waals surface area contributed by atoms with Gasteiger partial charge in [0, 0.05) is 52.2 Å². The Morgan fingerprint density at radius 2 is 2.06 bits per heavy atom. The largest absolute Gasteiger partial charge is 0.344 e. The van der Waals surface area contributed by atoms with E-state index in [0.717, 1.165) is 39.3 Å². The zero-order valence-electron chi connectivity index (χ0n) is 11.1. The first-order valence-corrected chi connectivity index (χ1v) is 6.86. The molecule has 2 rings (SSSR count). The van der Waals surface area contributed by atoms with Crippen molar-refractivity contribution in [3.05, 3.63) is 0 Å². The van der Waals surface area contributed by atoms with Crippen molar-refractivity contribution in [1.82, 2.24) is 15.1 Å². The molecule has 2 fully saturated rings. The van der Waals surface area contributed by atoms with Gasteiger partial charge in [-0.25, -0.2) is 0 Å². The molecule has 1 N–H and O–H groups in total. The molecule has 1 unspecified atom stereocenters. The molecule has 1 aliphatic heterocycles. The Balaban J connectivity index is 1.68. The second-order valence-electron chi connectivity index (χ2n) is 5.48. The van der Waals surface area contributed by atoms with Gasteiger partial charge < -0.3 is 10.2 Å². The smallest absolute Gasteiger partial charge is 0.225 e. The highest BCUT2D eigenvalue weighted by molar-refractivity contribution is 5.78. The number of rotatable bonds is 5. The molecule has 17 heavy (non-hydrogen) atoms. The fraction of sp³-hybridized carbons (Fsp3) is 0.923. The lowest BCUT2D eigenvalue weighted by Crippen LogP contribution is -2.47. The summed E-state index contributed by atoms with van der Waals surface area (Å²) >= 11 is 0. The summed E-state index contributed by atoms with van der Waals surface area (Å²) in [4.78, 5) is 16.4. The average Bonchev–Trinajstić information content (AvgIpc) is 3.19. The molecule has 1 atom stereocenters. The van der Waals surface area contributed by atoms with Crippen LogP contribution in [0.4, 0.5) is 0 Å². The van der Waals surface area contributed by atoms with Crippen LogP contribution in [-0.2, 0) is 4.79 Å². The molecule has 1 saturated heterocycles. The van der Waals surface area contributed by atoms with Crippen LogP contribution < -0.4 is 5.32 Å². The highest BCUT2D eigenvalue weighted by Crippen LogP contribution is 2.37. The summed E-state index contributed by atoms with van der Waals surface area (Å²) in [7, 11) is 1.95. The summed E-state index contributed by atoms with van der Waals surface area (Å²) in [6.45, 7) is 8.35. The van der Waals surface area contributed by atoms with E-state index in [-0.39, 0.29) is 5.92 Å². The van der Waals surface area contributed by atoms with Crippen LogP contribution in [0.2, 0.25) is 0 Å². The Labute approximate surface area is 104 Å². The maximum absolute atomic E-state index is 12.1. The zero-order valence-corrected chi connectivity index (χ0v) is 11.1. The van der Waals surface area contributed by atoms with Crippen molar-refractivity contribution >= 4 is 5.91 Å². The normalized spacial score (nSPS) is 23.4. The molecule has 1 heterocycles. The van der Waals surface area contributed by atoms with Crippen molar-refractivity contribution < 1.29 is 4.79 Å². The Kier molecular flexibility index (Phi) is 4.40. The Morgan fingerprint density at radius 1 is 1.41 bits per heavy atom. The first-order valence-electron chi connectivity index (χ1n) is 6.86. The van der Waals surface area contributed by atoms with Gasteiger partial charge in [-0.1, -0.05) is 6.92 Å². The molecule has 1 aliphatic carbocycles. The number of hydrogen-bond donors (Lipinski definition) is 1. The van der Waals surface area contributed by atoms with Gasteiger partial charge in [-0.2, -0.15) is 0 Å². The van der Waals surface area contributed by atoms with Gasteiger partial charge in [-0.3, -0.25) is 9.69 Å². The van der Waals surface area contributed by atoms with Crippen molar-refractivity contribution in [2.24, 2.45) is 11.8 Å². The van der Waals surface area contributed by atoms with E-state index < -0.39 is 0 Å². The van der Waals surface area contributed by atoms with Crippen molar-refractivity contribution in [3.63, 3.8) is 0 Å². The van der Waals surface area contributed by atoms with Gasteiger partial charge in [0.25, 0.3) is 0 Å². The third kappa shape index (κ3) is 3.68. The number of carbonyl (C=O) groups is 1. The zero-order chi connectivity index (χ0) is 12.3. The summed E-state index contributed by atoms with van der Waals surface area (Å²) in [5, 5.41) is 3.34. The van der Waals surface area contributed by atoms with Crippen LogP contribution in [-0.4, -0.2) is 62.0 Å². The molecule has 1 saturated carbocycles. The van der Waals surface area contributed by atoms with Crippen LogP contribution in [0, 0.1) is 11.8 Å². The third-order valence-electron chi connectivity index (χ3n) is 4.06. The standard InChI is InChI=1S/C13H25N3O/c1-11(12-3-4-12)13(17)15(2)9-10-16-7-5-14-6-8-16/h11-12,14H,3-10H2,1-2H3. The highest BCUT2D eigenvalue weighted by Gasteiger charge is 2.33. The van der Waals surface area contributed by atoms with E-state index in [1.165, 1.54) is 12.8 Å². The molecule has 0 radical (unpaired) electrons. The molecular weight excluding hydrogens is 214 g/mol. The maximum atomic E-state index is 12.1. The Hall–Kier alpha value is -0.610. The minimum absolute atomic E-state index is 0.239. The molecule has 4 nitrogen and oxygen atoms in total. The molecular formula is C13H25N3O. The number of piperazine rings is 1. The highest BCUT2D eigenvalue weighted by atomic mass is 16.2. The number of nitrogens with zero attached hydrogens (tertiary/aromatic N) is 2. The van der Waals surface area contributed by atoms with Gasteiger partial charge in [0.2, 0.25) is 5.91 Å². The average molecular weight is 239 g/mol. The topological polar surface area (TPSA) is 35.6 Å². The van der Waals surface area contributed by atoms with Crippen molar-refractivity contribution in [1.29, 1.82) is 0 Å². The molecule has 0 bridgehead atoms. The number of likely N-dealkylation sites (N-methyl/N-ethyl adjacent to an activating group) is 1. The molecule has 0 aromatic heterocycles.